The first-order valence-electron chi connectivity index (χ1n) is 8.03. The molecule has 0 unspecified atom stereocenters. The summed E-state index contributed by atoms with van der Waals surface area (Å²) < 4.78 is 11.8. The fourth-order valence-electron chi connectivity index (χ4n) is 3.17. The Bertz CT molecular complexity index is 1140. The van der Waals surface area contributed by atoms with Gasteiger partial charge >= 0.3 is 0 Å². The minimum atomic E-state index is -0.724. The summed E-state index contributed by atoms with van der Waals surface area (Å²) in [6, 6.07) is 6.89. The third kappa shape index (κ3) is 2.38. The Labute approximate surface area is 148 Å². The molecule has 3 N–H and O–H groups in total. The lowest BCUT2D eigenvalue weighted by molar-refractivity contribution is 0.243. The topological polar surface area (TPSA) is 100 Å². The Morgan fingerprint density at radius 3 is 2.58 bits per heavy atom. The lowest BCUT2D eigenvalue weighted by Crippen LogP contribution is -2.22. The van der Waals surface area contributed by atoms with Gasteiger partial charge in [-0.1, -0.05) is 5.57 Å². The van der Waals surface area contributed by atoms with Crippen molar-refractivity contribution in [3.05, 3.63) is 57.8 Å². The highest BCUT2D eigenvalue weighted by Gasteiger charge is 2.32. The summed E-state index contributed by atoms with van der Waals surface area (Å²) in [5.74, 6) is 0.130. The van der Waals surface area contributed by atoms with Crippen LogP contribution in [0.15, 0.2) is 51.2 Å². The van der Waals surface area contributed by atoms with Crippen molar-refractivity contribution in [3.63, 3.8) is 0 Å². The van der Waals surface area contributed by atoms with E-state index in [1.54, 1.807) is 12.1 Å². The van der Waals surface area contributed by atoms with Crippen LogP contribution < -0.4 is 10.2 Å². The van der Waals surface area contributed by atoms with Crippen LogP contribution in [0.2, 0.25) is 0 Å². The Balaban J connectivity index is 2.14. The highest BCUT2D eigenvalue weighted by Crippen LogP contribution is 2.45. The number of allylic oxidation sites excluding steroid dienone is 1. The largest absolute Gasteiger partial charge is 0.508 e. The van der Waals surface area contributed by atoms with Crippen LogP contribution in [0.5, 0.6) is 23.0 Å². The van der Waals surface area contributed by atoms with E-state index in [1.165, 1.54) is 18.2 Å². The molecule has 0 saturated carbocycles. The quantitative estimate of drug-likeness (QED) is 0.573. The molecule has 0 spiro atoms. The molecule has 0 radical (unpaired) electrons. The Morgan fingerprint density at radius 2 is 1.85 bits per heavy atom. The second-order valence-corrected chi connectivity index (χ2v) is 6.47. The summed E-state index contributed by atoms with van der Waals surface area (Å²) in [5.41, 5.74) is 1.35. The normalized spacial score (nSPS) is 15.1. The van der Waals surface area contributed by atoms with E-state index in [9.17, 15) is 20.1 Å². The van der Waals surface area contributed by atoms with Crippen LogP contribution in [0.25, 0.3) is 22.3 Å². The summed E-state index contributed by atoms with van der Waals surface area (Å²) in [4.78, 5) is 13.1. The summed E-state index contributed by atoms with van der Waals surface area (Å²) >= 11 is 0. The third-order valence-corrected chi connectivity index (χ3v) is 4.23. The molecular weight excluding hydrogens is 336 g/mol. The maximum absolute atomic E-state index is 13.1. The van der Waals surface area contributed by atoms with Gasteiger partial charge in [0.05, 0.1) is 11.1 Å². The van der Waals surface area contributed by atoms with Crippen LogP contribution >= 0.6 is 0 Å². The van der Waals surface area contributed by atoms with Gasteiger partial charge in [-0.2, -0.15) is 0 Å². The fourth-order valence-corrected chi connectivity index (χ4v) is 3.17. The standard InChI is InChI=1S/C20H16O6/c1-9(2)5-15-18-19(24)17-13(23)6-11(22)8-16(17)26-20(18)12-4-3-10(21)7-14(12)25-15/h3-8,15,21-23H,1-2H3/t15-/m0/s1. The van der Waals surface area contributed by atoms with Crippen molar-refractivity contribution >= 4 is 11.0 Å². The van der Waals surface area contributed by atoms with Crippen LogP contribution in [0.3, 0.4) is 0 Å². The SMILES string of the molecule is CC(C)=C[C@@H]1Oc2cc(O)ccc2-c2oc3cc(O)cc(O)c3c(=O)c21. The molecule has 1 aromatic heterocycles. The minimum Gasteiger partial charge on any atom is -0.508 e. The number of rotatable bonds is 1. The van der Waals surface area contributed by atoms with Gasteiger partial charge in [0.25, 0.3) is 0 Å². The Morgan fingerprint density at radius 1 is 1.08 bits per heavy atom. The number of hydrogen-bond acceptors (Lipinski definition) is 6. The number of hydrogen-bond donors (Lipinski definition) is 3. The van der Waals surface area contributed by atoms with Crippen molar-refractivity contribution in [2.45, 2.75) is 20.0 Å². The fraction of sp³-hybridized carbons (Fsp3) is 0.150. The summed E-state index contributed by atoms with van der Waals surface area (Å²) in [7, 11) is 0. The molecule has 0 amide bonds. The van der Waals surface area contributed by atoms with E-state index >= 15 is 0 Å². The Kier molecular flexibility index (Phi) is 3.44. The number of fused-ring (bicyclic) bond motifs is 4. The summed E-state index contributed by atoms with van der Waals surface area (Å²) in [6.45, 7) is 3.75. The van der Waals surface area contributed by atoms with E-state index in [0.29, 0.717) is 11.3 Å². The monoisotopic (exact) mass is 352 g/mol. The molecule has 0 bridgehead atoms. The number of ether oxygens (including phenoxy) is 1. The molecule has 2 aromatic carbocycles. The first-order chi connectivity index (χ1) is 12.3. The predicted molar refractivity (Wildman–Crippen MR) is 95.7 cm³/mol. The molecule has 2 heterocycles. The second kappa shape index (κ2) is 5.56. The van der Waals surface area contributed by atoms with Gasteiger partial charge in [0, 0.05) is 18.2 Å². The van der Waals surface area contributed by atoms with Crippen LogP contribution in [-0.4, -0.2) is 15.3 Å². The zero-order valence-electron chi connectivity index (χ0n) is 14.1. The van der Waals surface area contributed by atoms with Gasteiger partial charge in [-0.15, -0.1) is 0 Å². The van der Waals surface area contributed by atoms with Gasteiger partial charge in [-0.05, 0) is 32.1 Å². The van der Waals surface area contributed by atoms with Crippen LogP contribution in [-0.2, 0) is 0 Å². The van der Waals surface area contributed by atoms with E-state index in [-0.39, 0.29) is 39.5 Å². The first kappa shape index (κ1) is 16.1. The highest BCUT2D eigenvalue weighted by atomic mass is 16.5. The molecule has 1 atom stereocenters. The van der Waals surface area contributed by atoms with Crippen molar-refractivity contribution in [2.75, 3.05) is 0 Å². The molecule has 3 aromatic rings. The molecule has 1 aliphatic rings. The lowest BCUT2D eigenvalue weighted by atomic mass is 9.95. The van der Waals surface area contributed by atoms with E-state index in [2.05, 4.69) is 0 Å². The number of benzene rings is 2. The van der Waals surface area contributed by atoms with Gasteiger partial charge in [0.15, 0.2) is 0 Å². The predicted octanol–water partition coefficient (Wildman–Crippen LogP) is 3.98. The molecule has 1 aliphatic heterocycles. The molecular formula is C20H16O6. The second-order valence-electron chi connectivity index (χ2n) is 6.47. The molecule has 26 heavy (non-hydrogen) atoms. The maximum Gasteiger partial charge on any atom is 0.204 e. The Hall–Kier alpha value is -3.41. The molecule has 132 valence electrons. The van der Waals surface area contributed by atoms with Gasteiger partial charge in [-0.3, -0.25) is 4.79 Å². The van der Waals surface area contributed by atoms with Gasteiger partial charge in [0.1, 0.15) is 45.8 Å². The molecule has 0 saturated heterocycles. The number of phenols is 3. The van der Waals surface area contributed by atoms with Crippen molar-refractivity contribution in [2.24, 2.45) is 0 Å². The third-order valence-electron chi connectivity index (χ3n) is 4.23. The van der Waals surface area contributed by atoms with Crippen LogP contribution in [0.4, 0.5) is 0 Å². The van der Waals surface area contributed by atoms with E-state index < -0.39 is 11.5 Å². The number of phenolic OH excluding ortho intramolecular Hbond substituents is 3. The van der Waals surface area contributed by atoms with E-state index in [0.717, 1.165) is 11.6 Å². The first-order valence-corrected chi connectivity index (χ1v) is 8.03. The zero-order chi connectivity index (χ0) is 18.6. The average Bonchev–Trinajstić information content (AvgIpc) is 2.52. The zero-order valence-corrected chi connectivity index (χ0v) is 14.1. The van der Waals surface area contributed by atoms with Crippen molar-refractivity contribution < 1.29 is 24.5 Å². The summed E-state index contributed by atoms with van der Waals surface area (Å²) in [6.07, 6.45) is 1.05. The van der Waals surface area contributed by atoms with E-state index in [1.807, 2.05) is 13.8 Å². The van der Waals surface area contributed by atoms with Crippen molar-refractivity contribution in [3.8, 4) is 34.3 Å². The minimum absolute atomic E-state index is 0.0143. The van der Waals surface area contributed by atoms with Crippen molar-refractivity contribution in [1.29, 1.82) is 0 Å². The average molecular weight is 352 g/mol. The van der Waals surface area contributed by atoms with Gasteiger partial charge in [-0.25, -0.2) is 0 Å². The summed E-state index contributed by atoms with van der Waals surface area (Å²) in [5, 5.41) is 29.6. The van der Waals surface area contributed by atoms with Crippen LogP contribution in [0.1, 0.15) is 25.5 Å². The van der Waals surface area contributed by atoms with Crippen molar-refractivity contribution in [1.82, 2.24) is 0 Å². The van der Waals surface area contributed by atoms with E-state index in [4.69, 9.17) is 9.15 Å². The lowest BCUT2D eigenvalue weighted by Gasteiger charge is -2.26. The highest BCUT2D eigenvalue weighted by molar-refractivity contribution is 5.88. The molecule has 4 rings (SSSR count). The maximum atomic E-state index is 13.1. The van der Waals surface area contributed by atoms with Gasteiger partial charge in [0.2, 0.25) is 5.43 Å². The smallest absolute Gasteiger partial charge is 0.204 e. The molecule has 0 fully saturated rings. The van der Waals surface area contributed by atoms with Gasteiger partial charge < -0.3 is 24.5 Å². The number of aromatic hydroxyl groups is 3. The molecule has 6 heteroatoms. The molecule has 6 nitrogen and oxygen atoms in total. The molecule has 0 aliphatic carbocycles. The van der Waals surface area contributed by atoms with Crippen LogP contribution in [0, 0.1) is 0 Å².